The fourth-order valence-corrected chi connectivity index (χ4v) is 2.16. The van der Waals surface area contributed by atoms with E-state index in [1.54, 1.807) is 12.4 Å². The molecule has 1 rings (SSSR count). The minimum Gasteiger partial charge on any atom is -0.265 e. The smallest absolute Gasteiger partial charge is 0.0267 e. The van der Waals surface area contributed by atoms with E-state index in [4.69, 9.17) is 8.32 Å². The van der Waals surface area contributed by atoms with Crippen molar-refractivity contribution in [1.29, 1.82) is 0 Å². The van der Waals surface area contributed by atoms with Crippen LogP contribution in [0.5, 0.6) is 0 Å². The second-order valence-electron chi connectivity index (χ2n) is 1.95. The van der Waals surface area contributed by atoms with Gasteiger partial charge in [0.05, 0.1) is 0 Å². The van der Waals surface area contributed by atoms with Crippen molar-refractivity contribution in [3.05, 3.63) is 30.6 Å². The standard InChI is InChI=1S/C5H5N.2Cr.2H2O.5O/c1-2-4-6-5-3-1;;;;;;;;;/h1-5H;;;2*1H2;;;;;/q;2*+1;;;;;;;/p-2. The molecule has 0 aliphatic carbocycles. The Morgan fingerprint density at radius 1 is 0.867 bits per heavy atom. The first-order valence-electron chi connectivity index (χ1n) is 3.21. The zero-order chi connectivity index (χ0) is 11.9. The SMILES string of the molecule is [O]=[Cr](=[O])([OH])[O][Cr](=[O])(=[O])[OH].c1ccncc1. The third-order valence-electron chi connectivity index (χ3n) is 0.738. The number of hydrogen-bond donors (Lipinski definition) is 2. The van der Waals surface area contributed by atoms with E-state index in [-0.39, 0.29) is 0 Å². The minimum absolute atomic E-state index is 1.75. The molecular formula is C5H7Cr2NO7. The molecular weight excluding hydrogens is 290 g/mol. The van der Waals surface area contributed by atoms with Gasteiger partial charge >= 0.3 is 53.6 Å². The molecule has 0 saturated heterocycles. The first-order valence-corrected chi connectivity index (χ1v) is 7.48. The van der Waals surface area contributed by atoms with Crippen LogP contribution in [0, 0.1) is 0 Å². The molecule has 15 heavy (non-hydrogen) atoms. The van der Waals surface area contributed by atoms with E-state index in [0.717, 1.165) is 0 Å². The van der Waals surface area contributed by atoms with Crippen molar-refractivity contribution >= 4 is 0 Å². The van der Waals surface area contributed by atoms with Crippen molar-refractivity contribution in [2.24, 2.45) is 0 Å². The maximum atomic E-state index is 9.53. The molecule has 0 radical (unpaired) electrons. The van der Waals surface area contributed by atoms with E-state index in [1.165, 1.54) is 0 Å². The average molecular weight is 297 g/mol. The Balaban J connectivity index is 0.000000280. The van der Waals surface area contributed by atoms with Gasteiger partial charge in [-0.05, 0) is 12.1 Å². The number of nitrogens with zero attached hydrogens (tertiary/aromatic N) is 1. The van der Waals surface area contributed by atoms with Crippen LogP contribution in [0.3, 0.4) is 0 Å². The van der Waals surface area contributed by atoms with Crippen LogP contribution in [0.25, 0.3) is 0 Å². The van der Waals surface area contributed by atoms with Gasteiger partial charge in [-0.15, -0.1) is 0 Å². The van der Waals surface area contributed by atoms with E-state index in [9.17, 15) is 15.2 Å². The second-order valence-corrected chi connectivity index (χ2v) is 5.71. The van der Waals surface area contributed by atoms with E-state index in [1.807, 2.05) is 18.2 Å². The summed E-state index contributed by atoms with van der Waals surface area (Å²) in [6, 6.07) is 5.72. The van der Waals surface area contributed by atoms with Gasteiger partial charge in [0.25, 0.3) is 0 Å². The van der Waals surface area contributed by atoms with Crippen molar-refractivity contribution in [3.8, 4) is 0 Å². The summed E-state index contributed by atoms with van der Waals surface area (Å²) in [6.45, 7) is 0. The molecule has 0 fully saturated rings. The number of hydrogen-bond acceptors (Lipinski definition) is 6. The van der Waals surface area contributed by atoms with Crippen molar-refractivity contribution in [3.63, 3.8) is 0 Å². The Morgan fingerprint density at radius 3 is 1.33 bits per heavy atom. The summed E-state index contributed by atoms with van der Waals surface area (Å²) < 4.78 is 56.3. The molecule has 0 saturated carbocycles. The number of aromatic nitrogens is 1. The summed E-state index contributed by atoms with van der Waals surface area (Å²) in [6.07, 6.45) is 3.50. The zero-order valence-electron chi connectivity index (χ0n) is 7.09. The Bertz CT molecular complexity index is 409. The van der Waals surface area contributed by atoms with E-state index in [0.29, 0.717) is 0 Å². The van der Waals surface area contributed by atoms with Crippen molar-refractivity contribution < 1.29 is 53.6 Å². The van der Waals surface area contributed by atoms with Gasteiger partial charge in [-0.1, -0.05) is 6.07 Å². The predicted molar refractivity (Wildman–Crippen MR) is 32.5 cm³/mol. The molecule has 0 atom stereocenters. The summed E-state index contributed by atoms with van der Waals surface area (Å²) in [7, 11) is 0. The number of rotatable bonds is 2. The van der Waals surface area contributed by atoms with Crippen LogP contribution in [-0.2, 0) is 45.3 Å². The first-order chi connectivity index (χ1) is 6.71. The van der Waals surface area contributed by atoms with Crippen molar-refractivity contribution in [1.82, 2.24) is 4.98 Å². The monoisotopic (exact) mass is 297 g/mol. The first kappa shape index (κ1) is 14.3. The Morgan fingerprint density at radius 2 is 1.27 bits per heavy atom. The summed E-state index contributed by atoms with van der Waals surface area (Å²) in [4.78, 5) is 3.78. The van der Waals surface area contributed by atoms with Crippen LogP contribution in [0.2, 0.25) is 0 Å². The van der Waals surface area contributed by atoms with Crippen LogP contribution in [-0.4, -0.2) is 13.3 Å². The van der Waals surface area contributed by atoms with Gasteiger partial charge in [0.1, 0.15) is 0 Å². The van der Waals surface area contributed by atoms with Gasteiger partial charge in [-0.2, -0.15) is 0 Å². The molecule has 1 aromatic heterocycles. The minimum atomic E-state index is -5.76. The molecule has 0 amide bonds. The quantitative estimate of drug-likeness (QED) is 0.741. The van der Waals surface area contributed by atoms with Gasteiger partial charge in [0, 0.05) is 12.4 Å². The van der Waals surface area contributed by atoms with E-state index in [2.05, 4.69) is 7.82 Å². The van der Waals surface area contributed by atoms with Gasteiger partial charge in [0.15, 0.2) is 0 Å². The van der Waals surface area contributed by atoms with E-state index < -0.39 is 27.2 Å². The molecule has 0 bridgehead atoms. The Labute approximate surface area is 89.3 Å². The van der Waals surface area contributed by atoms with Crippen LogP contribution in [0.1, 0.15) is 0 Å². The molecule has 0 aliphatic rings. The maximum Gasteiger partial charge on any atom is 0.0267 e. The van der Waals surface area contributed by atoms with Crippen LogP contribution in [0.4, 0.5) is 0 Å². The molecule has 0 unspecified atom stereocenters. The van der Waals surface area contributed by atoms with Crippen molar-refractivity contribution in [2.75, 3.05) is 0 Å². The molecule has 86 valence electrons. The van der Waals surface area contributed by atoms with E-state index >= 15 is 0 Å². The van der Waals surface area contributed by atoms with Crippen LogP contribution in [0.15, 0.2) is 30.6 Å². The maximum absolute atomic E-state index is 9.53. The third-order valence-corrected chi connectivity index (χ3v) is 3.49. The molecule has 1 heterocycles. The number of pyridine rings is 1. The van der Waals surface area contributed by atoms with Gasteiger partial charge < -0.3 is 0 Å². The molecule has 8 nitrogen and oxygen atoms in total. The average Bonchev–Trinajstić information content (AvgIpc) is 2.01. The molecule has 1 aromatic rings. The Kier molecular flexibility index (Phi) is 5.72. The Hall–Kier alpha value is -0.705. The van der Waals surface area contributed by atoms with Crippen LogP contribution >= 0.6 is 0 Å². The van der Waals surface area contributed by atoms with Gasteiger partial charge in [-0.3, -0.25) is 4.98 Å². The normalized spacial score (nSPS) is 11.3. The molecule has 0 spiro atoms. The summed E-state index contributed by atoms with van der Waals surface area (Å²) in [5.74, 6) is 0. The fraction of sp³-hybridized carbons (Fsp3) is 0. The zero-order valence-corrected chi connectivity index (χ0v) is 9.64. The second kappa shape index (κ2) is 6.00. The summed E-state index contributed by atoms with van der Waals surface area (Å²) in [5, 5.41) is 0. The largest absolute Gasteiger partial charge is 0.265 e. The van der Waals surface area contributed by atoms with Crippen LogP contribution < -0.4 is 0 Å². The molecule has 0 aliphatic heterocycles. The summed E-state index contributed by atoms with van der Waals surface area (Å²) in [5.41, 5.74) is 0. The third kappa shape index (κ3) is 13.3. The molecule has 0 aromatic carbocycles. The fourth-order valence-electron chi connectivity index (χ4n) is 0.421. The predicted octanol–water partition coefficient (Wildman–Crippen LogP) is -0.581. The topological polar surface area (TPSA) is 131 Å². The van der Waals surface area contributed by atoms with Gasteiger partial charge in [-0.25, -0.2) is 0 Å². The summed E-state index contributed by atoms with van der Waals surface area (Å²) >= 11 is -11.5. The van der Waals surface area contributed by atoms with Crippen molar-refractivity contribution in [2.45, 2.75) is 0 Å². The molecule has 2 N–H and O–H groups in total. The van der Waals surface area contributed by atoms with Gasteiger partial charge in [0.2, 0.25) is 0 Å². The molecule has 10 heteroatoms.